The molecular formula is C16H24N2O. The summed E-state index contributed by atoms with van der Waals surface area (Å²) < 4.78 is 5.74. The monoisotopic (exact) mass is 260 g/mol. The van der Waals surface area contributed by atoms with Gasteiger partial charge in [0.05, 0.1) is 12.3 Å². The molecule has 0 aromatic carbocycles. The van der Waals surface area contributed by atoms with Gasteiger partial charge in [0, 0.05) is 5.57 Å². The molecule has 1 aliphatic rings. The van der Waals surface area contributed by atoms with E-state index in [1.165, 1.54) is 11.1 Å². The fourth-order valence-corrected chi connectivity index (χ4v) is 2.25. The van der Waals surface area contributed by atoms with E-state index >= 15 is 0 Å². The molecule has 0 saturated heterocycles. The molecule has 0 saturated carbocycles. The zero-order valence-electron chi connectivity index (χ0n) is 12.4. The second-order valence-corrected chi connectivity index (χ2v) is 4.39. The van der Waals surface area contributed by atoms with Crippen molar-refractivity contribution in [3.05, 3.63) is 46.8 Å². The number of allylic oxidation sites excluding steroid dienone is 7. The van der Waals surface area contributed by atoms with Crippen molar-refractivity contribution in [2.24, 2.45) is 10.9 Å². The van der Waals surface area contributed by atoms with Crippen LogP contribution in [0.3, 0.4) is 0 Å². The number of hydrazone groups is 1. The number of hydrogen-bond donors (Lipinski definition) is 1. The molecule has 0 aromatic rings. The lowest BCUT2D eigenvalue weighted by Crippen LogP contribution is -2.10. The van der Waals surface area contributed by atoms with Crippen molar-refractivity contribution in [1.82, 2.24) is 0 Å². The molecular weight excluding hydrogens is 236 g/mol. The molecule has 0 unspecified atom stereocenters. The molecule has 0 radical (unpaired) electrons. The highest BCUT2D eigenvalue weighted by Gasteiger charge is 2.19. The van der Waals surface area contributed by atoms with Gasteiger partial charge in [-0.2, -0.15) is 5.10 Å². The van der Waals surface area contributed by atoms with E-state index in [1.807, 2.05) is 32.9 Å². The van der Waals surface area contributed by atoms with Gasteiger partial charge in [0.2, 0.25) is 0 Å². The normalized spacial score (nSPS) is 18.6. The van der Waals surface area contributed by atoms with Crippen molar-refractivity contribution in [1.29, 1.82) is 0 Å². The number of rotatable bonds is 5. The van der Waals surface area contributed by atoms with Crippen molar-refractivity contribution in [2.45, 2.75) is 40.5 Å². The average Bonchev–Trinajstić information content (AvgIpc) is 2.58. The molecule has 0 atom stereocenters. The topological polar surface area (TPSA) is 47.6 Å². The SMILES string of the molecule is C/C=C1\C(CCC)=CC=CC(OCC)=C1/C(C)=N/N. The smallest absolute Gasteiger partial charge is 0.128 e. The Hall–Kier alpha value is -1.77. The van der Waals surface area contributed by atoms with E-state index in [9.17, 15) is 0 Å². The third-order valence-corrected chi connectivity index (χ3v) is 3.07. The first-order valence-electron chi connectivity index (χ1n) is 6.85. The van der Waals surface area contributed by atoms with Gasteiger partial charge in [-0.15, -0.1) is 0 Å². The van der Waals surface area contributed by atoms with Gasteiger partial charge in [-0.25, -0.2) is 0 Å². The molecule has 0 heterocycles. The minimum Gasteiger partial charge on any atom is -0.493 e. The molecule has 1 rings (SSSR count). The largest absolute Gasteiger partial charge is 0.493 e. The molecule has 1 aliphatic carbocycles. The number of nitrogens with zero attached hydrogens (tertiary/aromatic N) is 1. The minimum absolute atomic E-state index is 0.626. The van der Waals surface area contributed by atoms with Crippen LogP contribution in [0.5, 0.6) is 0 Å². The Morgan fingerprint density at radius 3 is 2.68 bits per heavy atom. The summed E-state index contributed by atoms with van der Waals surface area (Å²) in [6, 6.07) is 0. The maximum Gasteiger partial charge on any atom is 0.128 e. The first kappa shape index (κ1) is 15.3. The fraction of sp³-hybridized carbons (Fsp3) is 0.438. The Kier molecular flexibility index (Phi) is 6.13. The summed E-state index contributed by atoms with van der Waals surface area (Å²) in [4.78, 5) is 0. The third-order valence-electron chi connectivity index (χ3n) is 3.07. The summed E-state index contributed by atoms with van der Waals surface area (Å²) in [5.74, 6) is 6.31. The van der Waals surface area contributed by atoms with Crippen molar-refractivity contribution in [2.75, 3.05) is 6.61 Å². The first-order valence-corrected chi connectivity index (χ1v) is 6.85. The van der Waals surface area contributed by atoms with E-state index in [4.69, 9.17) is 10.6 Å². The minimum atomic E-state index is 0.626. The lowest BCUT2D eigenvalue weighted by atomic mass is 9.92. The molecule has 0 aromatic heterocycles. The Balaban J connectivity index is 3.38. The molecule has 0 spiro atoms. The molecule has 3 heteroatoms. The molecule has 0 bridgehead atoms. The van der Waals surface area contributed by atoms with Crippen molar-refractivity contribution >= 4 is 5.71 Å². The third kappa shape index (κ3) is 3.60. The highest BCUT2D eigenvalue weighted by Crippen LogP contribution is 2.30. The van der Waals surface area contributed by atoms with Crippen LogP contribution >= 0.6 is 0 Å². The zero-order chi connectivity index (χ0) is 14.3. The quantitative estimate of drug-likeness (QED) is 0.463. The summed E-state index contributed by atoms with van der Waals surface area (Å²) in [5.41, 5.74) is 4.27. The zero-order valence-corrected chi connectivity index (χ0v) is 12.4. The summed E-state index contributed by atoms with van der Waals surface area (Å²) in [7, 11) is 0. The molecule has 3 nitrogen and oxygen atoms in total. The van der Waals surface area contributed by atoms with Crippen molar-refractivity contribution in [3.63, 3.8) is 0 Å². The van der Waals surface area contributed by atoms with E-state index in [0.717, 1.165) is 29.9 Å². The lowest BCUT2D eigenvalue weighted by Gasteiger charge is -2.16. The first-order chi connectivity index (χ1) is 9.19. The van der Waals surface area contributed by atoms with Gasteiger partial charge >= 0.3 is 0 Å². The average molecular weight is 260 g/mol. The van der Waals surface area contributed by atoms with Crippen molar-refractivity contribution < 1.29 is 4.74 Å². The van der Waals surface area contributed by atoms with Crippen LogP contribution in [-0.4, -0.2) is 12.3 Å². The molecule has 0 amide bonds. The van der Waals surface area contributed by atoms with Crippen LogP contribution < -0.4 is 5.84 Å². The Labute approximate surface area is 116 Å². The van der Waals surface area contributed by atoms with Crippen LogP contribution in [0.25, 0.3) is 0 Å². The van der Waals surface area contributed by atoms with Gasteiger partial charge in [0.1, 0.15) is 5.76 Å². The van der Waals surface area contributed by atoms with E-state index in [-0.39, 0.29) is 0 Å². The summed E-state index contributed by atoms with van der Waals surface area (Å²) in [5, 5.41) is 3.86. The van der Waals surface area contributed by atoms with Crippen LogP contribution in [0.4, 0.5) is 0 Å². The Morgan fingerprint density at radius 1 is 1.42 bits per heavy atom. The Morgan fingerprint density at radius 2 is 2.16 bits per heavy atom. The van der Waals surface area contributed by atoms with Crippen LogP contribution in [-0.2, 0) is 4.74 Å². The second kappa shape index (κ2) is 7.62. The van der Waals surface area contributed by atoms with Gasteiger partial charge in [-0.3, -0.25) is 0 Å². The van der Waals surface area contributed by atoms with E-state index in [1.54, 1.807) is 0 Å². The van der Waals surface area contributed by atoms with Crippen LogP contribution in [0.15, 0.2) is 51.9 Å². The molecule has 19 heavy (non-hydrogen) atoms. The lowest BCUT2D eigenvalue weighted by molar-refractivity contribution is 0.241. The van der Waals surface area contributed by atoms with Gasteiger partial charge in [-0.1, -0.05) is 31.6 Å². The van der Waals surface area contributed by atoms with Gasteiger partial charge < -0.3 is 10.6 Å². The maximum atomic E-state index is 5.74. The highest BCUT2D eigenvalue weighted by atomic mass is 16.5. The summed E-state index contributed by atoms with van der Waals surface area (Å²) in [6.45, 7) is 8.74. The number of nitrogens with two attached hydrogens (primary N) is 1. The van der Waals surface area contributed by atoms with Crippen molar-refractivity contribution in [3.8, 4) is 0 Å². The molecule has 104 valence electrons. The van der Waals surface area contributed by atoms with Gasteiger partial charge in [0.15, 0.2) is 0 Å². The summed E-state index contributed by atoms with van der Waals surface area (Å²) >= 11 is 0. The van der Waals surface area contributed by atoms with Gasteiger partial charge in [0.25, 0.3) is 0 Å². The van der Waals surface area contributed by atoms with E-state index < -0.39 is 0 Å². The predicted molar refractivity (Wildman–Crippen MR) is 81.8 cm³/mol. The number of hydrogen-bond acceptors (Lipinski definition) is 3. The van der Waals surface area contributed by atoms with E-state index in [2.05, 4.69) is 24.2 Å². The van der Waals surface area contributed by atoms with Gasteiger partial charge in [-0.05, 0) is 44.4 Å². The Bertz CT molecular complexity index is 465. The predicted octanol–water partition coefficient (Wildman–Crippen LogP) is 3.85. The number of ether oxygens (including phenoxy) is 1. The second-order valence-electron chi connectivity index (χ2n) is 4.39. The molecule has 2 N–H and O–H groups in total. The van der Waals surface area contributed by atoms with Crippen LogP contribution in [0, 0.1) is 0 Å². The summed E-state index contributed by atoms with van der Waals surface area (Å²) in [6.07, 6.45) is 10.4. The standard InChI is InChI=1S/C16H24N2O/c1-5-9-13-10-8-11-15(19-7-3)16(12(4)18-17)14(13)6-2/h6,8,10-11H,5,7,9,17H2,1-4H3/b14-6+,18-12+. The van der Waals surface area contributed by atoms with Crippen LogP contribution in [0.1, 0.15) is 40.5 Å². The molecule has 0 fully saturated rings. The fourth-order valence-electron chi connectivity index (χ4n) is 2.25. The van der Waals surface area contributed by atoms with Crippen LogP contribution in [0.2, 0.25) is 0 Å². The van der Waals surface area contributed by atoms with E-state index in [0.29, 0.717) is 6.61 Å². The highest BCUT2D eigenvalue weighted by molar-refractivity contribution is 6.04. The molecule has 0 aliphatic heterocycles. The maximum absolute atomic E-state index is 5.74.